The summed E-state index contributed by atoms with van der Waals surface area (Å²) in [6.07, 6.45) is 1.01. The van der Waals surface area contributed by atoms with Crippen LogP contribution in [0.3, 0.4) is 0 Å². The maximum atomic E-state index is 11.2. The Hall–Kier alpha value is -0.580. The first-order valence-corrected chi connectivity index (χ1v) is 6.13. The third kappa shape index (κ3) is 2.99. The summed E-state index contributed by atoms with van der Waals surface area (Å²) < 4.78 is 22.1. The average molecular weight is 205 g/mol. The quantitative estimate of drug-likeness (QED) is 0.632. The van der Waals surface area contributed by atoms with Crippen LogP contribution in [0.15, 0.2) is 0 Å². The van der Waals surface area contributed by atoms with E-state index in [1.807, 2.05) is 0 Å². The topological polar surface area (TPSA) is 54.5 Å². The summed E-state index contributed by atoms with van der Waals surface area (Å²) in [6, 6.07) is 0. The first-order valence-electron chi connectivity index (χ1n) is 4.31. The molecule has 76 valence electrons. The van der Waals surface area contributed by atoms with Crippen LogP contribution < -0.4 is 0 Å². The normalized spacial score (nSPS) is 25.8. The number of sulfone groups is 1. The zero-order valence-electron chi connectivity index (χ0n) is 7.99. The van der Waals surface area contributed by atoms with E-state index in [9.17, 15) is 13.2 Å². The lowest BCUT2D eigenvalue weighted by molar-refractivity contribution is -0.129. The zero-order valence-corrected chi connectivity index (χ0v) is 8.80. The van der Waals surface area contributed by atoms with Gasteiger partial charge in [-0.05, 0) is 12.3 Å². The molecule has 4 nitrogen and oxygen atoms in total. The van der Waals surface area contributed by atoms with E-state index >= 15 is 0 Å². The van der Waals surface area contributed by atoms with Crippen LogP contribution in [0, 0.1) is 5.92 Å². The molecule has 5 heteroatoms. The van der Waals surface area contributed by atoms with E-state index in [2.05, 4.69) is 0 Å². The molecule has 1 aliphatic rings. The second kappa shape index (κ2) is 3.65. The molecule has 1 rings (SSSR count). The molecule has 1 atom stereocenters. The highest BCUT2D eigenvalue weighted by Gasteiger charge is 2.29. The third-order valence-electron chi connectivity index (χ3n) is 2.29. The molecule has 13 heavy (non-hydrogen) atoms. The van der Waals surface area contributed by atoms with Crippen molar-refractivity contribution in [2.45, 2.75) is 12.8 Å². The highest BCUT2D eigenvalue weighted by atomic mass is 32.2. The van der Waals surface area contributed by atoms with Crippen molar-refractivity contribution < 1.29 is 13.2 Å². The van der Waals surface area contributed by atoms with Crippen molar-refractivity contribution in [3.05, 3.63) is 0 Å². The van der Waals surface area contributed by atoms with Crippen LogP contribution in [0.25, 0.3) is 0 Å². The molecular formula is C8H15NO3S. The molecule has 0 aliphatic carbocycles. The summed E-state index contributed by atoms with van der Waals surface area (Å²) in [4.78, 5) is 12.7. The van der Waals surface area contributed by atoms with Gasteiger partial charge in [0.25, 0.3) is 0 Å². The average Bonchev–Trinajstić information content (AvgIpc) is 2.30. The first kappa shape index (κ1) is 10.5. The lowest BCUT2D eigenvalue weighted by atomic mass is 10.1. The zero-order chi connectivity index (χ0) is 10.1. The molecule has 1 unspecified atom stereocenters. The van der Waals surface area contributed by atoms with Crippen LogP contribution in [0.4, 0.5) is 0 Å². The molecule has 0 aromatic heterocycles. The van der Waals surface area contributed by atoms with E-state index in [1.165, 1.54) is 4.90 Å². The van der Waals surface area contributed by atoms with E-state index < -0.39 is 9.84 Å². The van der Waals surface area contributed by atoms with E-state index in [4.69, 9.17) is 0 Å². The number of hydrogen-bond donors (Lipinski definition) is 0. The van der Waals surface area contributed by atoms with Gasteiger partial charge in [0.1, 0.15) is 0 Å². The minimum Gasteiger partial charge on any atom is -0.349 e. The Balaban J connectivity index is 2.46. The maximum absolute atomic E-state index is 11.2. The fraction of sp³-hybridized carbons (Fsp3) is 0.875. The largest absolute Gasteiger partial charge is 0.349 e. The maximum Gasteiger partial charge on any atom is 0.222 e. The monoisotopic (exact) mass is 205 g/mol. The van der Waals surface area contributed by atoms with Crippen molar-refractivity contribution in [2.24, 2.45) is 5.92 Å². The van der Waals surface area contributed by atoms with Gasteiger partial charge in [-0.1, -0.05) is 0 Å². The second-order valence-electron chi connectivity index (χ2n) is 3.76. The SMILES string of the molecule is CN(C)C(=O)CC1CCS(=O)(=O)C1. The first-order chi connectivity index (χ1) is 5.91. The summed E-state index contributed by atoms with van der Waals surface area (Å²) in [6.45, 7) is 0. The molecule has 1 saturated heterocycles. The molecule has 0 aromatic rings. The number of rotatable bonds is 2. The van der Waals surface area contributed by atoms with Gasteiger partial charge in [-0.2, -0.15) is 0 Å². The van der Waals surface area contributed by atoms with Gasteiger partial charge in [-0.3, -0.25) is 4.79 Å². The van der Waals surface area contributed by atoms with Gasteiger partial charge in [0.2, 0.25) is 5.91 Å². The van der Waals surface area contributed by atoms with Crippen LogP contribution in [0.1, 0.15) is 12.8 Å². The van der Waals surface area contributed by atoms with Gasteiger partial charge in [0, 0.05) is 20.5 Å². The highest BCUT2D eigenvalue weighted by Crippen LogP contribution is 2.21. The third-order valence-corrected chi connectivity index (χ3v) is 4.13. The molecule has 0 aromatic carbocycles. The molecule has 1 fully saturated rings. The van der Waals surface area contributed by atoms with Gasteiger partial charge in [0.15, 0.2) is 9.84 Å². The van der Waals surface area contributed by atoms with Gasteiger partial charge >= 0.3 is 0 Å². The molecule has 1 amide bonds. The van der Waals surface area contributed by atoms with E-state index in [-0.39, 0.29) is 23.3 Å². The number of nitrogens with zero attached hydrogens (tertiary/aromatic N) is 1. The van der Waals surface area contributed by atoms with E-state index in [1.54, 1.807) is 14.1 Å². The van der Waals surface area contributed by atoms with Crippen molar-refractivity contribution in [3.8, 4) is 0 Å². The summed E-state index contributed by atoms with van der Waals surface area (Å²) in [5.41, 5.74) is 0. The fourth-order valence-corrected chi connectivity index (χ4v) is 3.32. The summed E-state index contributed by atoms with van der Waals surface area (Å²) >= 11 is 0. The Labute approximate surface area is 78.8 Å². The van der Waals surface area contributed by atoms with Crippen LogP contribution in [0.2, 0.25) is 0 Å². The molecule has 0 radical (unpaired) electrons. The van der Waals surface area contributed by atoms with Crippen molar-refractivity contribution in [3.63, 3.8) is 0 Å². The van der Waals surface area contributed by atoms with Gasteiger partial charge in [-0.25, -0.2) is 8.42 Å². The highest BCUT2D eigenvalue weighted by molar-refractivity contribution is 7.91. The van der Waals surface area contributed by atoms with Crippen LogP contribution in [0.5, 0.6) is 0 Å². The fourth-order valence-electron chi connectivity index (χ4n) is 1.46. The molecule has 0 saturated carbocycles. The Morgan fingerprint density at radius 1 is 1.46 bits per heavy atom. The minimum absolute atomic E-state index is 0.0158. The van der Waals surface area contributed by atoms with E-state index in [0.717, 1.165) is 0 Å². The Kier molecular flexibility index (Phi) is 2.95. The van der Waals surface area contributed by atoms with E-state index in [0.29, 0.717) is 12.8 Å². The predicted octanol–water partition coefficient (Wildman–Crippen LogP) is -0.101. The van der Waals surface area contributed by atoms with Gasteiger partial charge in [0.05, 0.1) is 11.5 Å². The molecule has 1 aliphatic heterocycles. The van der Waals surface area contributed by atoms with Crippen molar-refractivity contribution >= 4 is 15.7 Å². The summed E-state index contributed by atoms with van der Waals surface area (Å²) in [5, 5.41) is 0. The lowest BCUT2D eigenvalue weighted by Gasteiger charge is -2.12. The van der Waals surface area contributed by atoms with Crippen LogP contribution >= 0.6 is 0 Å². The van der Waals surface area contributed by atoms with Gasteiger partial charge < -0.3 is 4.90 Å². The Bertz CT molecular complexity index is 295. The number of amides is 1. The molecule has 0 spiro atoms. The predicted molar refractivity (Wildman–Crippen MR) is 50.1 cm³/mol. The van der Waals surface area contributed by atoms with Crippen LogP contribution in [-0.4, -0.2) is 44.8 Å². The lowest BCUT2D eigenvalue weighted by Crippen LogP contribution is -2.24. The molecule has 1 heterocycles. The van der Waals surface area contributed by atoms with Crippen LogP contribution in [-0.2, 0) is 14.6 Å². The van der Waals surface area contributed by atoms with Crippen molar-refractivity contribution in [1.29, 1.82) is 0 Å². The molecule has 0 bridgehead atoms. The van der Waals surface area contributed by atoms with Gasteiger partial charge in [-0.15, -0.1) is 0 Å². The van der Waals surface area contributed by atoms with Crippen molar-refractivity contribution in [2.75, 3.05) is 25.6 Å². The second-order valence-corrected chi connectivity index (χ2v) is 5.99. The molecule has 0 N–H and O–H groups in total. The molecular weight excluding hydrogens is 190 g/mol. The number of hydrogen-bond acceptors (Lipinski definition) is 3. The Morgan fingerprint density at radius 2 is 2.08 bits per heavy atom. The Morgan fingerprint density at radius 3 is 2.46 bits per heavy atom. The standard InChI is InChI=1S/C8H15NO3S/c1-9(2)8(10)5-7-3-4-13(11,12)6-7/h7H,3-6H2,1-2H3. The number of carbonyl (C=O) groups excluding carboxylic acids is 1. The minimum atomic E-state index is -2.84. The number of carbonyl (C=O) groups is 1. The summed E-state index contributed by atoms with van der Waals surface area (Å²) in [5.74, 6) is 0.493. The summed E-state index contributed by atoms with van der Waals surface area (Å²) in [7, 11) is 0.535. The smallest absolute Gasteiger partial charge is 0.222 e. The van der Waals surface area contributed by atoms with Crippen molar-refractivity contribution in [1.82, 2.24) is 4.90 Å².